The lowest BCUT2D eigenvalue weighted by molar-refractivity contribution is 0.603. The summed E-state index contributed by atoms with van der Waals surface area (Å²) in [4.78, 5) is 2.12. The molecule has 0 saturated heterocycles. The van der Waals surface area contributed by atoms with E-state index < -0.39 is 0 Å². The van der Waals surface area contributed by atoms with Crippen LogP contribution in [0.25, 0.3) is 33.9 Å². The number of rotatable bonds is 7. The van der Waals surface area contributed by atoms with Crippen molar-refractivity contribution in [3.63, 3.8) is 0 Å². The highest BCUT2D eigenvalue weighted by molar-refractivity contribution is 9.10. The van der Waals surface area contributed by atoms with Gasteiger partial charge in [0.05, 0.1) is 5.69 Å². The van der Waals surface area contributed by atoms with Crippen molar-refractivity contribution in [3.05, 3.63) is 121 Å². The largest absolute Gasteiger partial charge is 0.454 e. The van der Waals surface area contributed by atoms with E-state index in [0.29, 0.717) is 5.76 Å². The van der Waals surface area contributed by atoms with E-state index in [1.807, 2.05) is 36.4 Å². The van der Waals surface area contributed by atoms with E-state index in [9.17, 15) is 0 Å². The second-order valence-electron chi connectivity index (χ2n) is 6.99. The van der Waals surface area contributed by atoms with Gasteiger partial charge in [0.2, 0.25) is 0 Å². The normalized spacial score (nSPS) is 11.5. The first-order valence-corrected chi connectivity index (χ1v) is 10.7. The van der Waals surface area contributed by atoms with Gasteiger partial charge in [0, 0.05) is 26.8 Å². The van der Waals surface area contributed by atoms with E-state index >= 15 is 0 Å². The minimum Gasteiger partial charge on any atom is -0.454 e. The molecule has 2 nitrogen and oxygen atoms in total. The van der Waals surface area contributed by atoms with Crippen molar-refractivity contribution in [2.45, 2.75) is 0 Å². The number of allylic oxidation sites excluding steroid dienone is 3. The molecule has 0 aliphatic carbocycles. The van der Waals surface area contributed by atoms with Crippen molar-refractivity contribution >= 4 is 61.2 Å². The number of nitrogens with zero attached hydrogens (tertiary/aromatic N) is 1. The van der Waals surface area contributed by atoms with Crippen LogP contribution in [0.1, 0.15) is 11.3 Å². The molecule has 3 heteroatoms. The summed E-state index contributed by atoms with van der Waals surface area (Å²) in [5, 5.41) is 3.29. The molecule has 4 rings (SSSR count). The van der Waals surface area contributed by atoms with Crippen LogP contribution in [-0.2, 0) is 0 Å². The maximum Gasteiger partial charge on any atom is 0.159 e. The van der Waals surface area contributed by atoms with Gasteiger partial charge in [-0.1, -0.05) is 84.7 Å². The summed E-state index contributed by atoms with van der Waals surface area (Å²) in [5.74, 6) is 0.690. The van der Waals surface area contributed by atoms with Crippen LogP contribution >= 0.6 is 15.9 Å². The van der Waals surface area contributed by atoms with Crippen LogP contribution in [0, 0.1) is 0 Å². The number of halogens is 1. The summed E-state index contributed by atoms with van der Waals surface area (Å²) in [5.41, 5.74) is 4.41. The Morgan fingerprint density at radius 2 is 1.68 bits per heavy atom. The Kier molecular flexibility index (Phi) is 5.79. The van der Waals surface area contributed by atoms with Gasteiger partial charge in [0.25, 0.3) is 0 Å². The quantitative estimate of drug-likeness (QED) is 0.252. The van der Waals surface area contributed by atoms with Crippen molar-refractivity contribution in [1.29, 1.82) is 0 Å². The van der Waals surface area contributed by atoms with Crippen LogP contribution in [0.5, 0.6) is 0 Å². The fourth-order valence-corrected chi connectivity index (χ4v) is 4.26. The molecule has 0 fully saturated rings. The molecule has 0 unspecified atom stereocenters. The van der Waals surface area contributed by atoms with Crippen LogP contribution in [0.2, 0.25) is 0 Å². The average Bonchev–Trinajstić information content (AvgIpc) is 3.16. The first-order chi connectivity index (χ1) is 15.1. The molecule has 0 atom stereocenters. The van der Waals surface area contributed by atoms with E-state index in [2.05, 4.69) is 77.5 Å². The van der Waals surface area contributed by atoms with Crippen molar-refractivity contribution in [3.8, 4) is 0 Å². The Hall–Kier alpha value is -3.56. The van der Waals surface area contributed by atoms with Gasteiger partial charge < -0.3 is 9.32 Å². The Bertz CT molecular complexity index is 1370. The molecule has 0 aliphatic rings. The van der Waals surface area contributed by atoms with Crippen molar-refractivity contribution < 1.29 is 4.42 Å². The Morgan fingerprint density at radius 1 is 0.903 bits per heavy atom. The number of furan rings is 1. The molecule has 0 bridgehead atoms. The summed E-state index contributed by atoms with van der Waals surface area (Å²) in [6, 6.07) is 18.8. The van der Waals surface area contributed by atoms with Crippen LogP contribution in [0.3, 0.4) is 0 Å². The van der Waals surface area contributed by atoms with E-state index in [-0.39, 0.29) is 0 Å². The average molecular weight is 468 g/mol. The van der Waals surface area contributed by atoms with Crippen LogP contribution in [-0.4, -0.2) is 0 Å². The summed E-state index contributed by atoms with van der Waals surface area (Å²) in [6.07, 6.45) is 9.01. The van der Waals surface area contributed by atoms with Gasteiger partial charge in [-0.25, -0.2) is 0 Å². The zero-order valence-electron chi connectivity index (χ0n) is 17.1. The molecule has 0 aliphatic heterocycles. The van der Waals surface area contributed by atoms with Crippen LogP contribution < -0.4 is 4.90 Å². The van der Waals surface area contributed by atoms with Gasteiger partial charge in [-0.3, -0.25) is 0 Å². The molecule has 0 saturated carbocycles. The van der Waals surface area contributed by atoms with Crippen molar-refractivity contribution in [2.75, 3.05) is 4.90 Å². The molecule has 4 aromatic rings. The lowest BCUT2D eigenvalue weighted by Gasteiger charge is -2.27. The highest BCUT2D eigenvalue weighted by atomic mass is 79.9. The minimum atomic E-state index is 0.690. The predicted molar refractivity (Wildman–Crippen MR) is 139 cm³/mol. The minimum absolute atomic E-state index is 0.690. The Labute approximate surface area is 190 Å². The second kappa shape index (κ2) is 8.66. The fraction of sp³-hybridized carbons (Fsp3) is 0. The maximum atomic E-state index is 6.25. The van der Waals surface area contributed by atoms with Crippen molar-refractivity contribution in [2.24, 2.45) is 0 Å². The highest BCUT2D eigenvalue weighted by Crippen LogP contribution is 2.42. The highest BCUT2D eigenvalue weighted by Gasteiger charge is 2.21. The van der Waals surface area contributed by atoms with Crippen LogP contribution in [0.15, 0.2) is 114 Å². The monoisotopic (exact) mass is 467 g/mol. The van der Waals surface area contributed by atoms with Crippen LogP contribution in [0.4, 0.5) is 11.4 Å². The predicted octanol–water partition coefficient (Wildman–Crippen LogP) is 9.03. The van der Waals surface area contributed by atoms with Gasteiger partial charge in [-0.15, -0.1) is 0 Å². The van der Waals surface area contributed by atoms with Gasteiger partial charge in [-0.2, -0.15) is 0 Å². The number of hydrogen-bond donors (Lipinski definition) is 0. The Balaban J connectivity index is 2.07. The third kappa shape index (κ3) is 3.69. The smallest absolute Gasteiger partial charge is 0.159 e. The topological polar surface area (TPSA) is 16.4 Å². The fourth-order valence-electron chi connectivity index (χ4n) is 3.81. The Morgan fingerprint density at radius 3 is 2.35 bits per heavy atom. The third-order valence-electron chi connectivity index (χ3n) is 5.18. The summed E-state index contributed by atoms with van der Waals surface area (Å²) in [7, 11) is 0. The molecule has 0 N–H and O–H groups in total. The van der Waals surface area contributed by atoms with Gasteiger partial charge in [0.1, 0.15) is 5.76 Å². The number of hydrogen-bond acceptors (Lipinski definition) is 2. The first kappa shape index (κ1) is 20.7. The number of anilines is 2. The second-order valence-corrected chi connectivity index (χ2v) is 7.90. The van der Waals surface area contributed by atoms with E-state index in [4.69, 9.17) is 4.42 Å². The molecular weight excluding hydrogens is 446 g/mol. The molecule has 1 aromatic heterocycles. The molecule has 152 valence electrons. The third-order valence-corrected chi connectivity index (χ3v) is 5.64. The number of fused-ring (bicyclic) bond motifs is 2. The lowest BCUT2D eigenvalue weighted by atomic mass is 10.1. The zero-order chi connectivity index (χ0) is 22.0. The zero-order valence-corrected chi connectivity index (χ0v) is 18.7. The van der Waals surface area contributed by atoms with Crippen molar-refractivity contribution in [1.82, 2.24) is 0 Å². The SMILES string of the molecule is C=C/C=C(\C=C)N(c1ccc2ccccc2c1)c1cc(Br)cc2c(C=C)c(C=C)oc12. The molecule has 0 radical (unpaired) electrons. The molecule has 0 spiro atoms. The number of benzene rings is 3. The van der Waals surface area contributed by atoms with Gasteiger partial charge in [0.15, 0.2) is 5.58 Å². The molecule has 0 amide bonds. The standard InChI is InChI=1S/C28H22BrNO/c1-5-11-22(6-2)30(23-15-14-19-12-9-10-13-20(19)16-23)26-18-21(29)17-25-24(7-3)27(8-4)31-28(25)26/h5-18H,1-4H2/b22-11+. The molecular formula is C28H22BrNO. The maximum absolute atomic E-state index is 6.25. The van der Waals surface area contributed by atoms with Gasteiger partial charge in [-0.05, 0) is 53.3 Å². The summed E-state index contributed by atoms with van der Waals surface area (Å²) >= 11 is 3.67. The molecule has 31 heavy (non-hydrogen) atoms. The first-order valence-electron chi connectivity index (χ1n) is 9.86. The summed E-state index contributed by atoms with van der Waals surface area (Å²) < 4.78 is 7.18. The molecule has 3 aromatic carbocycles. The van der Waals surface area contributed by atoms with E-state index in [1.165, 1.54) is 5.39 Å². The van der Waals surface area contributed by atoms with Gasteiger partial charge >= 0.3 is 0 Å². The van der Waals surface area contributed by atoms with E-state index in [0.717, 1.165) is 43.5 Å². The lowest BCUT2D eigenvalue weighted by Crippen LogP contribution is -2.15. The molecule has 1 heterocycles. The summed E-state index contributed by atoms with van der Waals surface area (Å²) in [6.45, 7) is 15.8. The van der Waals surface area contributed by atoms with E-state index in [1.54, 1.807) is 18.2 Å².